The molecule has 0 aromatic heterocycles. The minimum absolute atomic E-state index is 1.06. The Bertz CT molecular complexity index is 112. The fourth-order valence-electron chi connectivity index (χ4n) is 1.51. The van der Waals surface area contributed by atoms with Crippen molar-refractivity contribution in [2.24, 2.45) is 0 Å². The Kier molecular flexibility index (Phi) is 6.10. The fraction of sp³-hybridized carbons (Fsp3) is 1.00. The number of nitrogens with one attached hydrogen (secondary N) is 3. The lowest BCUT2D eigenvalue weighted by Gasteiger charge is -2.27. The number of hydrogen-bond acceptors (Lipinski definition) is 4. The van der Waals surface area contributed by atoms with Crippen molar-refractivity contribution in [3.63, 3.8) is 0 Å². The molecule has 0 aromatic rings. The highest BCUT2D eigenvalue weighted by Crippen LogP contribution is 1.89. The van der Waals surface area contributed by atoms with Gasteiger partial charge in [0.15, 0.2) is 0 Å². The molecule has 1 heterocycles. The zero-order valence-corrected chi connectivity index (χ0v) is 8.60. The van der Waals surface area contributed by atoms with Crippen LogP contribution < -0.4 is 16.0 Å². The lowest BCUT2D eigenvalue weighted by Crippen LogP contribution is -2.46. The number of hydrogen-bond donors (Lipinski definition) is 3. The van der Waals surface area contributed by atoms with E-state index in [0.29, 0.717) is 0 Å². The van der Waals surface area contributed by atoms with Gasteiger partial charge in [-0.15, -0.1) is 0 Å². The molecule has 78 valence electrons. The zero-order valence-electron chi connectivity index (χ0n) is 8.60. The first kappa shape index (κ1) is 10.9. The molecule has 0 bridgehead atoms. The first-order valence-corrected chi connectivity index (χ1v) is 5.22. The number of piperazine rings is 1. The smallest absolute Gasteiger partial charge is 0.0108 e. The van der Waals surface area contributed by atoms with E-state index in [4.69, 9.17) is 0 Å². The molecule has 1 fully saturated rings. The minimum atomic E-state index is 1.06. The Morgan fingerprint density at radius 2 is 1.92 bits per heavy atom. The van der Waals surface area contributed by atoms with Gasteiger partial charge >= 0.3 is 0 Å². The second kappa shape index (κ2) is 7.26. The van der Waals surface area contributed by atoms with Crippen LogP contribution in [0, 0.1) is 0 Å². The summed E-state index contributed by atoms with van der Waals surface area (Å²) >= 11 is 0. The molecule has 13 heavy (non-hydrogen) atoms. The van der Waals surface area contributed by atoms with E-state index in [1.807, 2.05) is 7.05 Å². The summed E-state index contributed by atoms with van der Waals surface area (Å²) in [7, 11) is 1.98. The summed E-state index contributed by atoms with van der Waals surface area (Å²) in [4.78, 5) is 2.50. The molecular weight excluding hydrogens is 164 g/mol. The fourth-order valence-corrected chi connectivity index (χ4v) is 1.51. The van der Waals surface area contributed by atoms with Crippen molar-refractivity contribution >= 4 is 0 Å². The van der Waals surface area contributed by atoms with Crippen LogP contribution in [0.1, 0.15) is 0 Å². The molecule has 0 radical (unpaired) electrons. The molecule has 1 rings (SSSR count). The summed E-state index contributed by atoms with van der Waals surface area (Å²) in [5.74, 6) is 0. The third-order valence-corrected chi connectivity index (χ3v) is 2.37. The maximum absolute atomic E-state index is 3.41. The molecule has 0 aliphatic carbocycles. The summed E-state index contributed by atoms with van der Waals surface area (Å²) in [6.45, 7) is 9.13. The van der Waals surface area contributed by atoms with E-state index < -0.39 is 0 Å². The molecule has 1 aliphatic rings. The van der Waals surface area contributed by atoms with Crippen LogP contribution in [0.2, 0.25) is 0 Å². The third kappa shape index (κ3) is 5.21. The first-order chi connectivity index (χ1) is 6.43. The summed E-state index contributed by atoms with van der Waals surface area (Å²) in [5, 5.41) is 9.88. The van der Waals surface area contributed by atoms with Crippen LogP contribution in [0.3, 0.4) is 0 Å². The lowest BCUT2D eigenvalue weighted by molar-refractivity contribution is 0.241. The van der Waals surface area contributed by atoms with Crippen LogP contribution >= 0.6 is 0 Å². The van der Waals surface area contributed by atoms with Crippen LogP contribution in [0.5, 0.6) is 0 Å². The van der Waals surface area contributed by atoms with Crippen molar-refractivity contribution < 1.29 is 0 Å². The Morgan fingerprint density at radius 3 is 2.62 bits per heavy atom. The van der Waals surface area contributed by atoms with Crippen molar-refractivity contribution in [3.8, 4) is 0 Å². The predicted molar refractivity (Wildman–Crippen MR) is 56.1 cm³/mol. The average Bonchev–Trinajstić information content (AvgIpc) is 2.19. The van der Waals surface area contributed by atoms with Gasteiger partial charge in [0.1, 0.15) is 0 Å². The second-order valence-electron chi connectivity index (χ2n) is 3.45. The highest BCUT2D eigenvalue weighted by atomic mass is 15.2. The van der Waals surface area contributed by atoms with Crippen LogP contribution in [-0.2, 0) is 0 Å². The minimum Gasteiger partial charge on any atom is -0.318 e. The van der Waals surface area contributed by atoms with Gasteiger partial charge in [0, 0.05) is 52.4 Å². The molecule has 0 amide bonds. The SMILES string of the molecule is CNCCNCCN1CCNCC1. The average molecular weight is 186 g/mol. The number of nitrogens with zero attached hydrogens (tertiary/aromatic N) is 1. The van der Waals surface area contributed by atoms with E-state index in [2.05, 4.69) is 20.9 Å². The highest BCUT2D eigenvalue weighted by molar-refractivity contribution is 4.68. The molecule has 0 aromatic carbocycles. The van der Waals surface area contributed by atoms with Crippen molar-refractivity contribution in [2.45, 2.75) is 0 Å². The van der Waals surface area contributed by atoms with Gasteiger partial charge in [-0.3, -0.25) is 4.90 Å². The van der Waals surface area contributed by atoms with E-state index in [-0.39, 0.29) is 0 Å². The Hall–Kier alpha value is -0.160. The van der Waals surface area contributed by atoms with Crippen molar-refractivity contribution in [1.82, 2.24) is 20.9 Å². The van der Waals surface area contributed by atoms with Gasteiger partial charge in [0.25, 0.3) is 0 Å². The largest absolute Gasteiger partial charge is 0.318 e. The molecule has 0 spiro atoms. The number of likely N-dealkylation sites (N-methyl/N-ethyl adjacent to an activating group) is 1. The topological polar surface area (TPSA) is 39.3 Å². The summed E-state index contributed by atoms with van der Waals surface area (Å²) in [5.41, 5.74) is 0. The zero-order chi connectivity index (χ0) is 9.36. The van der Waals surface area contributed by atoms with Crippen molar-refractivity contribution in [2.75, 3.05) is 59.4 Å². The van der Waals surface area contributed by atoms with Gasteiger partial charge in [-0.25, -0.2) is 0 Å². The van der Waals surface area contributed by atoms with Crippen LogP contribution in [0.4, 0.5) is 0 Å². The molecule has 4 nitrogen and oxygen atoms in total. The monoisotopic (exact) mass is 186 g/mol. The Morgan fingerprint density at radius 1 is 1.15 bits per heavy atom. The van der Waals surface area contributed by atoms with Gasteiger partial charge < -0.3 is 16.0 Å². The van der Waals surface area contributed by atoms with Gasteiger partial charge in [-0.05, 0) is 7.05 Å². The van der Waals surface area contributed by atoms with Crippen molar-refractivity contribution in [1.29, 1.82) is 0 Å². The standard InChI is InChI=1S/C9H22N4/c1-10-2-3-11-4-7-13-8-5-12-6-9-13/h10-12H,2-9H2,1H3. The Labute approximate surface area is 81.1 Å². The lowest BCUT2D eigenvalue weighted by atomic mass is 10.3. The van der Waals surface area contributed by atoms with Crippen LogP contribution in [-0.4, -0.2) is 64.3 Å². The van der Waals surface area contributed by atoms with Crippen molar-refractivity contribution in [3.05, 3.63) is 0 Å². The second-order valence-corrected chi connectivity index (χ2v) is 3.45. The third-order valence-electron chi connectivity index (χ3n) is 2.37. The maximum atomic E-state index is 3.41. The first-order valence-electron chi connectivity index (χ1n) is 5.22. The number of rotatable bonds is 6. The molecule has 0 saturated carbocycles. The summed E-state index contributed by atoms with van der Waals surface area (Å²) < 4.78 is 0. The van der Waals surface area contributed by atoms with Gasteiger partial charge in [0.2, 0.25) is 0 Å². The molecule has 4 heteroatoms. The van der Waals surface area contributed by atoms with E-state index in [1.54, 1.807) is 0 Å². The van der Waals surface area contributed by atoms with Gasteiger partial charge in [0.05, 0.1) is 0 Å². The molecular formula is C9H22N4. The molecule has 1 aliphatic heterocycles. The maximum Gasteiger partial charge on any atom is 0.0108 e. The molecule has 3 N–H and O–H groups in total. The normalized spacial score (nSPS) is 19.2. The van der Waals surface area contributed by atoms with Crippen LogP contribution in [0.15, 0.2) is 0 Å². The van der Waals surface area contributed by atoms with E-state index >= 15 is 0 Å². The van der Waals surface area contributed by atoms with E-state index in [0.717, 1.165) is 32.7 Å². The molecule has 1 saturated heterocycles. The van der Waals surface area contributed by atoms with Gasteiger partial charge in [-0.2, -0.15) is 0 Å². The van der Waals surface area contributed by atoms with Crippen LogP contribution in [0.25, 0.3) is 0 Å². The summed E-state index contributed by atoms with van der Waals surface area (Å²) in [6, 6.07) is 0. The van der Waals surface area contributed by atoms with Gasteiger partial charge in [-0.1, -0.05) is 0 Å². The van der Waals surface area contributed by atoms with E-state index in [9.17, 15) is 0 Å². The Balaban J connectivity index is 1.86. The molecule has 0 unspecified atom stereocenters. The highest BCUT2D eigenvalue weighted by Gasteiger charge is 2.07. The predicted octanol–water partition coefficient (Wildman–Crippen LogP) is -1.30. The van der Waals surface area contributed by atoms with E-state index in [1.165, 1.54) is 19.6 Å². The summed E-state index contributed by atoms with van der Waals surface area (Å²) in [6.07, 6.45) is 0. The molecule has 0 atom stereocenters. The quantitative estimate of drug-likeness (QED) is 0.451.